The van der Waals surface area contributed by atoms with Crippen molar-refractivity contribution in [1.29, 1.82) is 0 Å². The second kappa shape index (κ2) is 5.51. The highest BCUT2D eigenvalue weighted by Gasteiger charge is 2.06. The molecule has 15 heavy (non-hydrogen) atoms. The van der Waals surface area contributed by atoms with Crippen molar-refractivity contribution in [2.45, 2.75) is 12.8 Å². The highest BCUT2D eigenvalue weighted by molar-refractivity contribution is 6.30. The summed E-state index contributed by atoms with van der Waals surface area (Å²) in [4.78, 5) is 11.2. The first-order valence-corrected chi connectivity index (χ1v) is 4.87. The molecule has 0 radical (unpaired) electrons. The van der Waals surface area contributed by atoms with Crippen molar-refractivity contribution >= 4 is 23.2 Å². The number of halogens is 2. The van der Waals surface area contributed by atoms with E-state index in [0.29, 0.717) is 17.9 Å². The van der Waals surface area contributed by atoms with Crippen LogP contribution in [0.1, 0.15) is 12.8 Å². The lowest BCUT2D eigenvalue weighted by atomic mass is 10.2. The molecule has 0 atom stereocenters. The normalized spacial score (nSPS) is 9.73. The molecule has 1 aromatic carbocycles. The number of carbonyl (C=O) groups excluding carboxylic acids is 1. The van der Waals surface area contributed by atoms with Gasteiger partial charge in [-0.05, 0) is 24.6 Å². The van der Waals surface area contributed by atoms with Crippen LogP contribution in [-0.2, 0) is 4.79 Å². The predicted molar refractivity (Wildman–Crippen MR) is 59.5 cm³/mol. The third-order valence-electron chi connectivity index (χ3n) is 1.78. The van der Waals surface area contributed by atoms with Crippen LogP contribution in [0.25, 0.3) is 0 Å². The number of carbonyl (C=O) groups is 1. The van der Waals surface area contributed by atoms with E-state index in [0.717, 1.165) is 6.07 Å². The number of amides is 1. The van der Waals surface area contributed by atoms with Crippen LogP contribution in [0.5, 0.6) is 0 Å². The van der Waals surface area contributed by atoms with Gasteiger partial charge in [-0.25, -0.2) is 4.39 Å². The average molecular weight is 228 g/mol. The lowest BCUT2D eigenvalue weighted by molar-refractivity contribution is -0.116. The zero-order chi connectivity index (χ0) is 11.3. The molecule has 1 aromatic rings. The van der Waals surface area contributed by atoms with Gasteiger partial charge in [-0.2, -0.15) is 0 Å². The summed E-state index contributed by atoms with van der Waals surface area (Å²) in [6.45, 7) is 3.50. The molecule has 0 spiro atoms. The van der Waals surface area contributed by atoms with Gasteiger partial charge >= 0.3 is 0 Å². The minimum absolute atomic E-state index is 0.147. The zero-order valence-electron chi connectivity index (χ0n) is 8.09. The van der Waals surface area contributed by atoms with Crippen molar-refractivity contribution in [3.8, 4) is 0 Å². The number of nitrogens with one attached hydrogen (secondary N) is 1. The summed E-state index contributed by atoms with van der Waals surface area (Å²) in [6.07, 6.45) is 2.50. The summed E-state index contributed by atoms with van der Waals surface area (Å²) in [7, 11) is 0. The Bertz CT molecular complexity index is 379. The Labute approximate surface area is 92.7 Å². The number of benzene rings is 1. The second-order valence-corrected chi connectivity index (χ2v) is 3.44. The van der Waals surface area contributed by atoms with Gasteiger partial charge in [-0.3, -0.25) is 4.79 Å². The maximum Gasteiger partial charge on any atom is 0.224 e. The maximum atomic E-state index is 13.2. The van der Waals surface area contributed by atoms with Crippen LogP contribution in [0, 0.1) is 5.82 Å². The summed E-state index contributed by atoms with van der Waals surface area (Å²) < 4.78 is 13.2. The van der Waals surface area contributed by atoms with E-state index >= 15 is 0 Å². The highest BCUT2D eigenvalue weighted by Crippen LogP contribution is 2.18. The first kappa shape index (κ1) is 11.7. The van der Waals surface area contributed by atoms with Crippen molar-refractivity contribution < 1.29 is 9.18 Å². The Kier molecular flexibility index (Phi) is 4.31. The zero-order valence-corrected chi connectivity index (χ0v) is 8.85. The summed E-state index contributed by atoms with van der Waals surface area (Å²) in [5.41, 5.74) is 0.147. The lowest BCUT2D eigenvalue weighted by Crippen LogP contribution is -2.11. The predicted octanol–water partition coefficient (Wildman–Crippen LogP) is 3.38. The van der Waals surface area contributed by atoms with E-state index in [2.05, 4.69) is 11.9 Å². The maximum absolute atomic E-state index is 13.2. The van der Waals surface area contributed by atoms with Gasteiger partial charge in [-0.1, -0.05) is 17.7 Å². The third-order valence-corrected chi connectivity index (χ3v) is 2.02. The van der Waals surface area contributed by atoms with Gasteiger partial charge in [0, 0.05) is 11.4 Å². The van der Waals surface area contributed by atoms with E-state index in [1.165, 1.54) is 12.1 Å². The van der Waals surface area contributed by atoms with Gasteiger partial charge in [0.2, 0.25) is 5.91 Å². The van der Waals surface area contributed by atoms with Gasteiger partial charge in [-0.15, -0.1) is 6.58 Å². The second-order valence-electron chi connectivity index (χ2n) is 3.00. The topological polar surface area (TPSA) is 29.1 Å². The SMILES string of the molecule is C=CCCC(=O)Nc1ccc(Cl)cc1F. The van der Waals surface area contributed by atoms with Gasteiger partial charge < -0.3 is 5.32 Å². The Morgan fingerprint density at radius 2 is 2.33 bits per heavy atom. The summed E-state index contributed by atoms with van der Waals surface area (Å²) in [6, 6.07) is 4.11. The van der Waals surface area contributed by atoms with Crippen LogP contribution in [-0.4, -0.2) is 5.91 Å². The molecule has 0 saturated heterocycles. The molecule has 0 aliphatic rings. The molecule has 0 heterocycles. The molecule has 0 saturated carbocycles. The Balaban J connectivity index is 2.64. The Hall–Kier alpha value is -1.35. The molecule has 1 rings (SSSR count). The molecule has 0 fully saturated rings. The summed E-state index contributed by atoms with van der Waals surface area (Å²) in [5.74, 6) is -0.773. The van der Waals surface area contributed by atoms with Crippen molar-refractivity contribution in [2.75, 3.05) is 5.32 Å². The lowest BCUT2D eigenvalue weighted by Gasteiger charge is -2.05. The number of hydrogen-bond acceptors (Lipinski definition) is 1. The number of rotatable bonds is 4. The monoisotopic (exact) mass is 227 g/mol. The minimum Gasteiger partial charge on any atom is -0.324 e. The van der Waals surface area contributed by atoms with Crippen LogP contribution in [0.4, 0.5) is 10.1 Å². The molecular formula is C11H11ClFNO. The Morgan fingerprint density at radius 1 is 1.60 bits per heavy atom. The molecule has 0 bridgehead atoms. The molecule has 0 unspecified atom stereocenters. The van der Waals surface area contributed by atoms with E-state index in [9.17, 15) is 9.18 Å². The van der Waals surface area contributed by atoms with Gasteiger partial charge in [0.1, 0.15) is 5.82 Å². The van der Waals surface area contributed by atoms with Crippen molar-refractivity contribution in [1.82, 2.24) is 0 Å². The van der Waals surface area contributed by atoms with Crippen LogP contribution in [0.2, 0.25) is 5.02 Å². The molecule has 80 valence electrons. The van der Waals surface area contributed by atoms with Gasteiger partial charge in [0.15, 0.2) is 0 Å². The minimum atomic E-state index is -0.533. The first-order valence-electron chi connectivity index (χ1n) is 4.49. The highest BCUT2D eigenvalue weighted by atomic mass is 35.5. The van der Waals surface area contributed by atoms with Gasteiger partial charge in [0.05, 0.1) is 5.69 Å². The average Bonchev–Trinajstić information content (AvgIpc) is 2.19. The molecule has 0 aliphatic carbocycles. The standard InChI is InChI=1S/C11H11ClFNO/c1-2-3-4-11(15)14-10-6-5-8(12)7-9(10)13/h2,5-7H,1,3-4H2,(H,14,15). The molecule has 1 N–H and O–H groups in total. The molecule has 1 amide bonds. The quantitative estimate of drug-likeness (QED) is 0.785. The molecule has 0 aromatic heterocycles. The molecule has 4 heteroatoms. The van der Waals surface area contributed by atoms with Crippen molar-refractivity contribution in [3.63, 3.8) is 0 Å². The first-order chi connectivity index (χ1) is 7.13. The summed E-state index contributed by atoms with van der Waals surface area (Å²) >= 11 is 5.57. The molecule has 2 nitrogen and oxygen atoms in total. The molecular weight excluding hydrogens is 217 g/mol. The van der Waals surface area contributed by atoms with Crippen molar-refractivity contribution in [3.05, 3.63) is 41.7 Å². The van der Waals surface area contributed by atoms with Crippen LogP contribution in [0.15, 0.2) is 30.9 Å². The number of hydrogen-bond donors (Lipinski definition) is 1. The third kappa shape index (κ3) is 3.72. The molecule has 0 aliphatic heterocycles. The van der Waals surface area contributed by atoms with E-state index in [1.807, 2.05) is 0 Å². The van der Waals surface area contributed by atoms with Gasteiger partial charge in [0.25, 0.3) is 0 Å². The van der Waals surface area contributed by atoms with E-state index < -0.39 is 5.82 Å². The number of allylic oxidation sites excluding steroid dienone is 1. The van der Waals surface area contributed by atoms with E-state index in [4.69, 9.17) is 11.6 Å². The fourth-order valence-electron chi connectivity index (χ4n) is 1.04. The number of anilines is 1. The van der Waals surface area contributed by atoms with Crippen LogP contribution < -0.4 is 5.32 Å². The van der Waals surface area contributed by atoms with Crippen LogP contribution in [0.3, 0.4) is 0 Å². The van der Waals surface area contributed by atoms with E-state index in [-0.39, 0.29) is 11.6 Å². The Morgan fingerprint density at radius 3 is 2.93 bits per heavy atom. The van der Waals surface area contributed by atoms with Crippen LogP contribution >= 0.6 is 11.6 Å². The fourth-order valence-corrected chi connectivity index (χ4v) is 1.20. The fraction of sp³-hybridized carbons (Fsp3) is 0.182. The smallest absolute Gasteiger partial charge is 0.224 e. The summed E-state index contributed by atoms with van der Waals surface area (Å²) in [5, 5.41) is 2.75. The van der Waals surface area contributed by atoms with E-state index in [1.54, 1.807) is 6.08 Å². The largest absolute Gasteiger partial charge is 0.324 e. The van der Waals surface area contributed by atoms with Crippen molar-refractivity contribution in [2.24, 2.45) is 0 Å².